The number of carbonyl (C=O) groups is 9. The van der Waals surface area contributed by atoms with E-state index in [9.17, 15) is 53.4 Å². The number of aliphatic carboxylic acids is 1. The van der Waals surface area contributed by atoms with Gasteiger partial charge in [0.2, 0.25) is 47.3 Å². The number of nitrogens with two attached hydrogens (primary N) is 3. The first-order chi connectivity index (χ1) is 31.5. The lowest BCUT2D eigenvalue weighted by atomic mass is 9.97. The first-order valence-electron chi connectivity index (χ1n) is 23.4. The van der Waals surface area contributed by atoms with E-state index in [0.29, 0.717) is 57.4 Å². The molecule has 386 valence electrons. The van der Waals surface area contributed by atoms with Gasteiger partial charge in [0.15, 0.2) is 0 Å². The van der Waals surface area contributed by atoms with Gasteiger partial charge < -0.3 is 69.9 Å². The molecule has 0 heterocycles. The number of aliphatic hydroxyl groups excluding tert-OH is 1. The van der Waals surface area contributed by atoms with Gasteiger partial charge in [0, 0.05) is 0 Å². The molecule has 0 aromatic rings. The van der Waals surface area contributed by atoms with Crippen LogP contribution in [-0.2, 0) is 43.2 Å². The Balaban J connectivity index is 6.22. The highest BCUT2D eigenvalue weighted by Crippen LogP contribution is 2.13. The molecule has 23 heteroatoms. The molecule has 0 bridgehead atoms. The predicted molar refractivity (Wildman–Crippen MR) is 257 cm³/mol. The van der Waals surface area contributed by atoms with Crippen molar-refractivity contribution in [3.05, 3.63) is 0 Å². The number of hydrogen-bond donors (Lipinski definition) is 13. The van der Waals surface area contributed by atoms with E-state index >= 15 is 0 Å². The van der Waals surface area contributed by atoms with Crippen LogP contribution in [0, 0.1) is 17.8 Å². The number of hydrogen-bond acceptors (Lipinski definition) is 14. The van der Waals surface area contributed by atoms with E-state index in [1.165, 1.54) is 25.6 Å². The van der Waals surface area contributed by atoms with Gasteiger partial charge in [0.1, 0.15) is 48.3 Å². The summed E-state index contributed by atoms with van der Waals surface area (Å²) < 4.78 is 0. The van der Waals surface area contributed by atoms with Crippen LogP contribution in [0.3, 0.4) is 0 Å². The van der Waals surface area contributed by atoms with Crippen LogP contribution in [0.5, 0.6) is 0 Å². The molecule has 0 unspecified atom stereocenters. The van der Waals surface area contributed by atoms with E-state index < -0.39 is 126 Å². The topological polar surface area (TPSA) is 368 Å². The molecular weight excluding hydrogens is 891 g/mol. The van der Waals surface area contributed by atoms with E-state index in [2.05, 4.69) is 42.5 Å². The molecule has 0 aromatic carbocycles. The first kappa shape index (κ1) is 62.4. The van der Waals surface area contributed by atoms with Crippen molar-refractivity contribution in [3.63, 3.8) is 0 Å². The summed E-state index contributed by atoms with van der Waals surface area (Å²) in [5, 5.41) is 40.7. The Bertz CT molecular complexity index is 1590. The normalized spacial score (nSPS) is 16.2. The van der Waals surface area contributed by atoms with E-state index in [1.807, 2.05) is 6.26 Å². The first-order valence-corrected chi connectivity index (χ1v) is 24.8. The molecule has 22 nitrogen and oxygen atoms in total. The summed E-state index contributed by atoms with van der Waals surface area (Å²) in [7, 11) is 0. The minimum atomic E-state index is -1.57. The van der Waals surface area contributed by atoms with Gasteiger partial charge in [-0.05, 0) is 108 Å². The summed E-state index contributed by atoms with van der Waals surface area (Å²) >= 11 is 1.45. The van der Waals surface area contributed by atoms with Gasteiger partial charge >= 0.3 is 5.97 Å². The molecule has 0 spiro atoms. The Morgan fingerprint density at radius 1 is 0.507 bits per heavy atom. The van der Waals surface area contributed by atoms with Gasteiger partial charge in [-0.2, -0.15) is 11.8 Å². The average molecular weight is 974 g/mol. The van der Waals surface area contributed by atoms with Gasteiger partial charge in [-0.15, -0.1) is 0 Å². The third-order valence-electron chi connectivity index (χ3n) is 11.3. The van der Waals surface area contributed by atoms with Gasteiger partial charge in [-0.3, -0.25) is 38.4 Å². The molecule has 67 heavy (non-hydrogen) atoms. The number of thioether (sulfide) groups is 1. The smallest absolute Gasteiger partial charge is 0.326 e. The molecule has 0 saturated heterocycles. The maximum absolute atomic E-state index is 13.8. The molecule has 0 radical (unpaired) electrons. The number of carbonyl (C=O) groups excluding carboxylic acids is 8. The SMILES string of the molecule is CC[C@H](C)[C@H](NC(=O)[C@H](CCCCN)NC(=O)[C@H](CCCCN)NC(=O)[C@H](C)NC(=O)[C@H](CC(C)C)NC(=O)[C@H](CO)NC(=O)[C@@H](NC(=O)[C@H](CCSC)NC(=O)[C@H](C)N)[C@@H](C)CC)C(=O)O. The fraction of sp³-hybridized carbons (Fsp3) is 0.795. The number of carboxylic acids is 1. The van der Waals surface area contributed by atoms with E-state index in [4.69, 9.17) is 17.2 Å². The third kappa shape index (κ3) is 23.8. The second kappa shape index (κ2) is 33.8. The number of amides is 8. The zero-order chi connectivity index (χ0) is 51.4. The van der Waals surface area contributed by atoms with Crippen molar-refractivity contribution in [2.75, 3.05) is 31.7 Å². The van der Waals surface area contributed by atoms with Crippen molar-refractivity contribution in [1.82, 2.24) is 42.5 Å². The molecule has 0 aliphatic heterocycles. The molecule has 8 amide bonds. The lowest BCUT2D eigenvalue weighted by Gasteiger charge is -2.29. The monoisotopic (exact) mass is 974 g/mol. The van der Waals surface area contributed by atoms with Gasteiger partial charge in [-0.25, -0.2) is 4.79 Å². The van der Waals surface area contributed by atoms with Crippen LogP contribution in [0.4, 0.5) is 0 Å². The van der Waals surface area contributed by atoms with Crippen molar-refractivity contribution < 1.29 is 53.4 Å². The number of aliphatic hydroxyl groups is 1. The van der Waals surface area contributed by atoms with Crippen LogP contribution < -0.4 is 59.7 Å². The molecule has 0 saturated carbocycles. The second-order valence-electron chi connectivity index (χ2n) is 17.6. The van der Waals surface area contributed by atoms with Crippen LogP contribution in [0.25, 0.3) is 0 Å². The summed E-state index contributed by atoms with van der Waals surface area (Å²) in [5.41, 5.74) is 17.0. The van der Waals surface area contributed by atoms with Crippen LogP contribution in [0.2, 0.25) is 0 Å². The standard InChI is InChI=1S/C44H83N11O11S/c1-10-25(5)34(54-40(61)31(18-21-67-9)49-36(57)27(7)47)43(64)53-33(23-56)42(63)52-32(22-24(3)4)41(62)48-28(8)37(58)50-29(16-12-14-19-45)38(59)51-30(17-13-15-20-46)39(60)55-35(44(65)66)26(6)11-2/h24-35,56H,10-23,45-47H2,1-9H3,(H,48,62)(H,49,57)(H,50,58)(H,51,59)(H,52,63)(H,53,64)(H,54,61)(H,55,60)(H,65,66)/t25-,26-,27-,28-,29-,30-,31-,32-,33-,34-,35-/m0/s1. The average Bonchev–Trinajstić information content (AvgIpc) is 3.28. The highest BCUT2D eigenvalue weighted by Gasteiger charge is 2.35. The maximum Gasteiger partial charge on any atom is 0.326 e. The highest BCUT2D eigenvalue weighted by molar-refractivity contribution is 7.98. The van der Waals surface area contributed by atoms with Gasteiger partial charge in [0.25, 0.3) is 0 Å². The second-order valence-corrected chi connectivity index (χ2v) is 18.6. The van der Waals surface area contributed by atoms with Gasteiger partial charge in [0.05, 0.1) is 12.6 Å². The zero-order valence-electron chi connectivity index (χ0n) is 41.0. The minimum Gasteiger partial charge on any atom is -0.480 e. The van der Waals surface area contributed by atoms with E-state index in [0.717, 1.165) is 0 Å². The summed E-state index contributed by atoms with van der Waals surface area (Å²) in [5.74, 6) is -7.62. The number of rotatable bonds is 35. The summed E-state index contributed by atoms with van der Waals surface area (Å²) in [6.07, 6.45) is 5.21. The summed E-state index contributed by atoms with van der Waals surface area (Å²) in [4.78, 5) is 120. The minimum absolute atomic E-state index is 0.0750. The molecule has 11 atom stereocenters. The van der Waals surface area contributed by atoms with E-state index in [-0.39, 0.29) is 31.6 Å². The van der Waals surface area contributed by atoms with Crippen molar-refractivity contribution >= 4 is 65.0 Å². The number of unbranched alkanes of at least 4 members (excludes halogenated alkanes) is 2. The summed E-state index contributed by atoms with van der Waals surface area (Å²) in [6.45, 7) is 13.1. The van der Waals surface area contributed by atoms with Crippen molar-refractivity contribution in [2.24, 2.45) is 35.0 Å². The molecule has 0 fully saturated rings. The molecule has 0 aliphatic rings. The molecule has 0 aliphatic carbocycles. The molecule has 16 N–H and O–H groups in total. The Hall–Kier alpha value is -4.58. The van der Waals surface area contributed by atoms with Crippen LogP contribution in [0.1, 0.15) is 120 Å². The Labute approximate surface area is 400 Å². The fourth-order valence-electron chi connectivity index (χ4n) is 6.60. The number of nitrogens with one attached hydrogen (secondary N) is 8. The predicted octanol–water partition coefficient (Wildman–Crippen LogP) is -1.54. The third-order valence-corrected chi connectivity index (χ3v) is 11.9. The largest absolute Gasteiger partial charge is 0.480 e. The van der Waals surface area contributed by atoms with Crippen LogP contribution >= 0.6 is 11.8 Å². The molecular formula is C44H83N11O11S. The Kier molecular flexibility index (Phi) is 31.5. The van der Waals surface area contributed by atoms with Crippen molar-refractivity contribution in [2.45, 2.75) is 174 Å². The fourth-order valence-corrected chi connectivity index (χ4v) is 7.07. The van der Waals surface area contributed by atoms with E-state index in [1.54, 1.807) is 41.5 Å². The van der Waals surface area contributed by atoms with Crippen molar-refractivity contribution in [3.8, 4) is 0 Å². The number of carboxylic acid groups (broad SMARTS) is 1. The Morgan fingerprint density at radius 3 is 1.36 bits per heavy atom. The summed E-state index contributed by atoms with van der Waals surface area (Å²) in [6, 6.07) is -10.7. The van der Waals surface area contributed by atoms with Crippen molar-refractivity contribution in [1.29, 1.82) is 0 Å². The van der Waals surface area contributed by atoms with Gasteiger partial charge in [-0.1, -0.05) is 54.4 Å². The maximum atomic E-state index is 13.8. The lowest BCUT2D eigenvalue weighted by Crippen LogP contribution is -2.61. The lowest BCUT2D eigenvalue weighted by molar-refractivity contribution is -0.144. The molecule has 0 aromatic heterocycles. The van der Waals surface area contributed by atoms with Crippen LogP contribution in [-0.4, -0.2) is 150 Å². The van der Waals surface area contributed by atoms with Crippen LogP contribution in [0.15, 0.2) is 0 Å². The molecule has 0 rings (SSSR count). The highest BCUT2D eigenvalue weighted by atomic mass is 32.2. The zero-order valence-corrected chi connectivity index (χ0v) is 41.9. The Morgan fingerprint density at radius 2 is 0.910 bits per heavy atom. The quantitative estimate of drug-likeness (QED) is 0.0320.